The van der Waals surface area contributed by atoms with Crippen LogP contribution >= 0.6 is 7.82 Å². The lowest BCUT2D eigenvalue weighted by Crippen LogP contribution is -2.29. The summed E-state index contributed by atoms with van der Waals surface area (Å²) in [6.07, 6.45) is 38.3. The van der Waals surface area contributed by atoms with E-state index in [1.807, 2.05) is 0 Å². The number of phosphoric ester groups is 1. The lowest BCUT2D eigenvalue weighted by molar-refractivity contribution is -0.161. The smallest absolute Gasteiger partial charge is 0.462 e. The Hall–Kier alpha value is -1.99. The van der Waals surface area contributed by atoms with Gasteiger partial charge in [-0.05, 0) is 51.4 Å². The van der Waals surface area contributed by atoms with Gasteiger partial charge in [0.15, 0.2) is 6.10 Å². The highest BCUT2D eigenvalue weighted by Gasteiger charge is 2.22. The predicted octanol–water partition coefficient (Wildman–Crippen LogP) is 10.4. The molecule has 0 bridgehead atoms. The summed E-state index contributed by atoms with van der Waals surface area (Å²) in [7, 11) is -4.76. The zero-order valence-corrected chi connectivity index (χ0v) is 29.9. The van der Waals surface area contributed by atoms with Gasteiger partial charge in [-0.15, -0.1) is 0 Å². The second kappa shape index (κ2) is 32.9. The minimum Gasteiger partial charge on any atom is -0.462 e. The number of hydrogen-bond donors (Lipinski definition) is 2. The lowest BCUT2D eigenvalue weighted by atomic mass is 10.0. The molecule has 0 fully saturated rings. The minimum atomic E-state index is -4.76. The van der Waals surface area contributed by atoms with Gasteiger partial charge in [0.25, 0.3) is 0 Å². The molecule has 0 rings (SSSR count). The van der Waals surface area contributed by atoms with Gasteiger partial charge in [-0.1, -0.05) is 140 Å². The molecule has 0 saturated heterocycles. The fourth-order valence-electron chi connectivity index (χ4n) is 4.72. The van der Waals surface area contributed by atoms with Gasteiger partial charge in [0.05, 0.1) is 6.61 Å². The molecule has 0 aromatic heterocycles. The number of hydrogen-bond acceptors (Lipinski definition) is 6. The Balaban J connectivity index is 4.07. The molecular formula is C37H65O8P. The van der Waals surface area contributed by atoms with Gasteiger partial charge < -0.3 is 19.3 Å². The fraction of sp³-hybridized carbons (Fsp3) is 0.730. The lowest BCUT2D eigenvalue weighted by Gasteiger charge is -2.18. The van der Waals surface area contributed by atoms with Gasteiger partial charge in [0.1, 0.15) is 6.61 Å². The molecular weight excluding hydrogens is 603 g/mol. The van der Waals surface area contributed by atoms with Crippen molar-refractivity contribution in [3.8, 4) is 0 Å². The van der Waals surface area contributed by atoms with Crippen molar-refractivity contribution in [3.63, 3.8) is 0 Å². The van der Waals surface area contributed by atoms with Gasteiger partial charge in [-0.2, -0.15) is 0 Å². The Morgan fingerprint density at radius 2 is 1.04 bits per heavy atom. The Labute approximate surface area is 280 Å². The number of ether oxygens (including phenoxy) is 2. The van der Waals surface area contributed by atoms with E-state index in [-0.39, 0.29) is 19.4 Å². The fourth-order valence-corrected chi connectivity index (χ4v) is 5.08. The summed E-state index contributed by atoms with van der Waals surface area (Å²) in [4.78, 5) is 42.6. The summed E-state index contributed by atoms with van der Waals surface area (Å²) >= 11 is 0. The van der Waals surface area contributed by atoms with E-state index in [2.05, 4.69) is 67.0 Å². The number of rotatable bonds is 32. The summed E-state index contributed by atoms with van der Waals surface area (Å²) in [5, 5.41) is 0. The molecule has 0 amide bonds. The zero-order valence-electron chi connectivity index (χ0n) is 29.0. The average Bonchev–Trinajstić information content (AvgIpc) is 3.02. The van der Waals surface area contributed by atoms with Crippen LogP contribution in [0.2, 0.25) is 0 Å². The first-order valence-corrected chi connectivity index (χ1v) is 19.5. The second-order valence-corrected chi connectivity index (χ2v) is 13.1. The van der Waals surface area contributed by atoms with E-state index in [0.717, 1.165) is 57.8 Å². The first-order chi connectivity index (χ1) is 22.3. The molecule has 0 unspecified atom stereocenters. The maximum atomic E-state index is 12.3. The van der Waals surface area contributed by atoms with Gasteiger partial charge in [-0.3, -0.25) is 14.1 Å². The van der Waals surface area contributed by atoms with Crippen LogP contribution in [-0.2, 0) is 28.2 Å². The van der Waals surface area contributed by atoms with Crippen LogP contribution in [0.25, 0.3) is 0 Å². The Bertz CT molecular complexity index is 890. The molecule has 46 heavy (non-hydrogen) atoms. The minimum absolute atomic E-state index is 0.160. The number of unbranched alkanes of at least 4 members (excludes halogenated alkanes) is 14. The van der Waals surface area contributed by atoms with Gasteiger partial charge >= 0.3 is 19.8 Å². The highest BCUT2D eigenvalue weighted by Crippen LogP contribution is 2.35. The van der Waals surface area contributed by atoms with Crippen molar-refractivity contribution in [2.45, 2.75) is 161 Å². The molecule has 0 aromatic rings. The number of carbonyl (C=O) groups is 2. The van der Waals surface area contributed by atoms with Gasteiger partial charge in [-0.25, -0.2) is 4.57 Å². The summed E-state index contributed by atoms with van der Waals surface area (Å²) in [6.45, 7) is 3.51. The molecule has 266 valence electrons. The number of esters is 2. The zero-order chi connectivity index (χ0) is 34.0. The predicted molar refractivity (Wildman–Crippen MR) is 188 cm³/mol. The summed E-state index contributed by atoms with van der Waals surface area (Å²) in [5.41, 5.74) is 0. The SMILES string of the molecule is CC/C=C/C/C=C/C/C=C/C/C=C/CCCCC(=O)O[C@H](COC(=O)CCCCCCCCCCCCCCC)COP(=O)(O)O. The van der Waals surface area contributed by atoms with Crippen LogP contribution < -0.4 is 0 Å². The van der Waals surface area contributed by atoms with Crippen LogP contribution in [0.5, 0.6) is 0 Å². The van der Waals surface area contributed by atoms with E-state index in [4.69, 9.17) is 19.3 Å². The Morgan fingerprint density at radius 1 is 0.587 bits per heavy atom. The van der Waals surface area contributed by atoms with Crippen molar-refractivity contribution in [3.05, 3.63) is 48.6 Å². The Kier molecular flexibility index (Phi) is 31.5. The van der Waals surface area contributed by atoms with Crippen LogP contribution in [0.15, 0.2) is 48.6 Å². The van der Waals surface area contributed by atoms with Crippen molar-refractivity contribution in [1.82, 2.24) is 0 Å². The van der Waals surface area contributed by atoms with Crippen molar-refractivity contribution in [1.29, 1.82) is 0 Å². The van der Waals surface area contributed by atoms with E-state index >= 15 is 0 Å². The molecule has 2 N–H and O–H groups in total. The summed E-state index contributed by atoms with van der Waals surface area (Å²) in [6, 6.07) is 0. The van der Waals surface area contributed by atoms with Gasteiger partial charge in [0, 0.05) is 12.8 Å². The molecule has 8 nitrogen and oxygen atoms in total. The monoisotopic (exact) mass is 668 g/mol. The number of phosphoric acid groups is 1. The average molecular weight is 669 g/mol. The molecule has 0 aliphatic carbocycles. The highest BCUT2D eigenvalue weighted by molar-refractivity contribution is 7.46. The largest absolute Gasteiger partial charge is 0.469 e. The van der Waals surface area contributed by atoms with Gasteiger partial charge in [0.2, 0.25) is 0 Å². The molecule has 9 heteroatoms. The summed E-state index contributed by atoms with van der Waals surface area (Å²) in [5.74, 6) is -0.935. The molecule has 0 saturated carbocycles. The second-order valence-electron chi connectivity index (χ2n) is 11.8. The third kappa shape index (κ3) is 34.9. The van der Waals surface area contributed by atoms with E-state index in [0.29, 0.717) is 6.42 Å². The topological polar surface area (TPSA) is 119 Å². The van der Waals surface area contributed by atoms with E-state index < -0.39 is 32.5 Å². The molecule has 0 aliphatic heterocycles. The quantitative estimate of drug-likeness (QED) is 0.0315. The van der Waals surface area contributed by atoms with Crippen molar-refractivity contribution in [2.24, 2.45) is 0 Å². The molecule has 0 aliphatic rings. The maximum absolute atomic E-state index is 12.3. The van der Waals surface area contributed by atoms with Crippen molar-refractivity contribution in [2.75, 3.05) is 13.2 Å². The van der Waals surface area contributed by atoms with Crippen LogP contribution in [0, 0.1) is 0 Å². The normalized spacial score (nSPS) is 13.0. The van der Waals surface area contributed by atoms with Crippen molar-refractivity contribution >= 4 is 19.8 Å². The molecule has 0 spiro atoms. The molecule has 1 atom stereocenters. The van der Waals surface area contributed by atoms with E-state index in [1.54, 1.807) is 0 Å². The first-order valence-electron chi connectivity index (χ1n) is 17.9. The van der Waals surface area contributed by atoms with E-state index in [9.17, 15) is 14.2 Å². The molecule has 0 aromatic carbocycles. The molecule has 0 heterocycles. The summed E-state index contributed by atoms with van der Waals surface area (Å²) < 4.78 is 26.2. The third-order valence-electron chi connectivity index (χ3n) is 7.36. The third-order valence-corrected chi connectivity index (χ3v) is 7.85. The highest BCUT2D eigenvalue weighted by atomic mass is 31.2. The maximum Gasteiger partial charge on any atom is 0.469 e. The Morgan fingerprint density at radius 3 is 1.57 bits per heavy atom. The number of allylic oxidation sites excluding steroid dienone is 8. The van der Waals surface area contributed by atoms with Crippen LogP contribution in [-0.4, -0.2) is 41.0 Å². The van der Waals surface area contributed by atoms with Crippen LogP contribution in [0.1, 0.15) is 155 Å². The van der Waals surface area contributed by atoms with Crippen LogP contribution in [0.4, 0.5) is 0 Å². The van der Waals surface area contributed by atoms with E-state index in [1.165, 1.54) is 64.2 Å². The number of carbonyl (C=O) groups excluding carboxylic acids is 2. The van der Waals surface area contributed by atoms with Crippen LogP contribution in [0.3, 0.4) is 0 Å². The molecule has 0 radical (unpaired) electrons. The first kappa shape index (κ1) is 44.0. The van der Waals surface area contributed by atoms with Crippen molar-refractivity contribution < 1.29 is 37.9 Å². The standard InChI is InChI=1S/C37H65O8P/c1-3-5-7-9-11-13-15-17-18-20-22-24-26-28-30-32-37(39)45-35(34-44-46(40,41)42)33-43-36(38)31-29-27-25-23-21-19-16-14-12-10-8-6-4-2/h5,7,11,13,17-18,22,24,35H,3-4,6,8-10,12,14-16,19-21,23,25-34H2,1-2H3,(H2,40,41,42)/b7-5+,13-11+,18-17+,24-22+/t35-/m1/s1.